The van der Waals surface area contributed by atoms with Crippen molar-refractivity contribution < 1.29 is 8.42 Å². The van der Waals surface area contributed by atoms with E-state index in [-0.39, 0.29) is 10.6 Å². The first kappa shape index (κ1) is 14.0. The van der Waals surface area contributed by atoms with Crippen molar-refractivity contribution in [1.29, 1.82) is 5.26 Å². The van der Waals surface area contributed by atoms with E-state index in [4.69, 9.17) is 11.0 Å². The minimum Gasteiger partial charge on any atom is -0.398 e. The van der Waals surface area contributed by atoms with Crippen molar-refractivity contribution in [1.82, 2.24) is 14.7 Å². The molecule has 0 bridgehead atoms. The quantitative estimate of drug-likeness (QED) is 0.722. The Hall–Kier alpha value is -2.37. The average Bonchev–Trinajstić information content (AvgIpc) is 2.91. The van der Waals surface area contributed by atoms with Crippen LogP contribution in [0.15, 0.2) is 35.5 Å². The summed E-state index contributed by atoms with van der Waals surface area (Å²) in [5, 5.41) is 8.74. The molecular formula is C12H13N5O2S. The van der Waals surface area contributed by atoms with E-state index in [2.05, 4.69) is 14.7 Å². The molecule has 0 aliphatic carbocycles. The second-order valence-electron chi connectivity index (χ2n) is 4.18. The van der Waals surface area contributed by atoms with Gasteiger partial charge in [0.2, 0.25) is 10.0 Å². The summed E-state index contributed by atoms with van der Waals surface area (Å²) in [5.74, 6) is 0.501. The zero-order chi connectivity index (χ0) is 14.8. The molecule has 0 aliphatic rings. The minimum atomic E-state index is -3.79. The van der Waals surface area contributed by atoms with Gasteiger partial charge in [-0.1, -0.05) is 0 Å². The molecule has 7 nitrogen and oxygen atoms in total. The van der Waals surface area contributed by atoms with Crippen LogP contribution >= 0.6 is 0 Å². The van der Waals surface area contributed by atoms with E-state index < -0.39 is 16.1 Å². The lowest BCUT2D eigenvalue weighted by atomic mass is 10.2. The van der Waals surface area contributed by atoms with Gasteiger partial charge in [-0.2, -0.15) is 5.26 Å². The maximum Gasteiger partial charge on any atom is 0.243 e. The third-order valence-corrected chi connectivity index (χ3v) is 4.30. The maximum absolute atomic E-state index is 12.2. The second kappa shape index (κ2) is 5.32. The lowest BCUT2D eigenvalue weighted by Gasteiger charge is -2.13. The Morgan fingerprint density at radius 1 is 1.50 bits per heavy atom. The molecule has 0 aliphatic heterocycles. The van der Waals surface area contributed by atoms with Crippen LogP contribution in [0.5, 0.6) is 0 Å². The van der Waals surface area contributed by atoms with Gasteiger partial charge < -0.3 is 10.7 Å². The first-order chi connectivity index (χ1) is 9.44. The van der Waals surface area contributed by atoms with E-state index in [1.807, 2.05) is 6.07 Å². The fraction of sp³-hybridized carbons (Fsp3) is 0.167. The van der Waals surface area contributed by atoms with Gasteiger partial charge in [-0.15, -0.1) is 0 Å². The fourth-order valence-electron chi connectivity index (χ4n) is 1.73. The number of hydrogen-bond donors (Lipinski definition) is 3. The van der Waals surface area contributed by atoms with Crippen LogP contribution in [0.2, 0.25) is 0 Å². The zero-order valence-corrected chi connectivity index (χ0v) is 11.5. The number of hydrogen-bond acceptors (Lipinski definition) is 5. The van der Waals surface area contributed by atoms with Crippen molar-refractivity contribution in [2.24, 2.45) is 0 Å². The smallest absolute Gasteiger partial charge is 0.243 e. The van der Waals surface area contributed by atoms with Crippen molar-refractivity contribution in [2.45, 2.75) is 17.9 Å². The largest absolute Gasteiger partial charge is 0.398 e. The molecule has 8 heteroatoms. The Kier molecular flexibility index (Phi) is 3.74. The number of nitriles is 1. The molecule has 0 amide bonds. The Balaban J connectivity index is 2.29. The minimum absolute atomic E-state index is 0.0307. The summed E-state index contributed by atoms with van der Waals surface area (Å²) in [6.45, 7) is 1.66. The van der Waals surface area contributed by atoms with Crippen LogP contribution in [0.1, 0.15) is 24.4 Å². The summed E-state index contributed by atoms with van der Waals surface area (Å²) in [6.07, 6.45) is 3.15. The number of nitrogens with zero attached hydrogens (tertiary/aromatic N) is 2. The number of rotatable bonds is 4. The molecule has 0 fully saturated rings. The third-order valence-electron chi connectivity index (χ3n) is 2.69. The van der Waals surface area contributed by atoms with Crippen molar-refractivity contribution >= 4 is 15.7 Å². The molecule has 0 spiro atoms. The zero-order valence-electron chi connectivity index (χ0n) is 10.7. The molecule has 0 radical (unpaired) electrons. The molecule has 1 unspecified atom stereocenters. The number of aromatic nitrogens is 2. The molecule has 20 heavy (non-hydrogen) atoms. The van der Waals surface area contributed by atoms with E-state index >= 15 is 0 Å². The first-order valence-electron chi connectivity index (χ1n) is 5.75. The molecule has 1 aromatic carbocycles. The van der Waals surface area contributed by atoms with E-state index in [1.165, 1.54) is 24.4 Å². The molecule has 0 saturated carbocycles. The number of benzene rings is 1. The summed E-state index contributed by atoms with van der Waals surface area (Å²) in [7, 11) is -3.79. The predicted octanol–water partition coefficient (Wildman–Crippen LogP) is 0.903. The monoisotopic (exact) mass is 291 g/mol. The SMILES string of the molecule is CC(NS(=O)(=O)c1ccc(C#N)cc1N)c1ncc[nH]1. The molecule has 4 N–H and O–H groups in total. The van der Waals surface area contributed by atoms with Crippen molar-refractivity contribution in [3.63, 3.8) is 0 Å². The summed E-state index contributed by atoms with van der Waals surface area (Å²) >= 11 is 0. The number of H-pyrrole nitrogens is 1. The van der Waals surface area contributed by atoms with Gasteiger partial charge in [-0.3, -0.25) is 0 Å². The van der Waals surface area contributed by atoms with Gasteiger partial charge in [0.1, 0.15) is 10.7 Å². The van der Waals surface area contributed by atoms with Gasteiger partial charge in [0.05, 0.1) is 23.4 Å². The van der Waals surface area contributed by atoms with Crippen LogP contribution in [0.25, 0.3) is 0 Å². The van der Waals surface area contributed by atoms with E-state index in [0.717, 1.165) is 0 Å². The molecule has 0 saturated heterocycles. The topological polar surface area (TPSA) is 125 Å². The van der Waals surface area contributed by atoms with Crippen molar-refractivity contribution in [3.05, 3.63) is 42.0 Å². The van der Waals surface area contributed by atoms with Gasteiger partial charge in [0.25, 0.3) is 0 Å². The normalized spacial score (nSPS) is 12.8. The maximum atomic E-state index is 12.2. The summed E-state index contributed by atoms with van der Waals surface area (Å²) in [4.78, 5) is 6.76. The standard InChI is InChI=1S/C12H13N5O2S/c1-8(12-15-4-5-16-12)17-20(18,19)11-3-2-9(7-13)6-10(11)14/h2-6,8,17H,14H2,1H3,(H,15,16). The molecule has 2 aromatic rings. The number of sulfonamides is 1. The molecule has 2 rings (SSSR count). The van der Waals surface area contributed by atoms with Gasteiger partial charge in [0.15, 0.2) is 0 Å². The van der Waals surface area contributed by atoms with Gasteiger partial charge in [0, 0.05) is 12.4 Å². The number of aromatic amines is 1. The number of anilines is 1. The highest BCUT2D eigenvalue weighted by Crippen LogP contribution is 2.21. The van der Waals surface area contributed by atoms with Crippen molar-refractivity contribution in [3.8, 4) is 6.07 Å². The van der Waals surface area contributed by atoms with Crippen LogP contribution in [0, 0.1) is 11.3 Å². The average molecular weight is 291 g/mol. The van der Waals surface area contributed by atoms with Crippen molar-refractivity contribution in [2.75, 3.05) is 5.73 Å². The number of nitrogens with one attached hydrogen (secondary N) is 2. The second-order valence-corrected chi connectivity index (χ2v) is 5.86. The van der Waals surface area contributed by atoms with Crippen LogP contribution in [0.4, 0.5) is 5.69 Å². The van der Waals surface area contributed by atoms with E-state index in [1.54, 1.807) is 13.1 Å². The molecule has 1 heterocycles. The number of imidazole rings is 1. The highest BCUT2D eigenvalue weighted by Gasteiger charge is 2.22. The lowest BCUT2D eigenvalue weighted by Crippen LogP contribution is -2.28. The number of nitrogen functional groups attached to an aromatic ring is 1. The Morgan fingerprint density at radius 3 is 2.80 bits per heavy atom. The third kappa shape index (κ3) is 2.79. The van der Waals surface area contributed by atoms with Gasteiger partial charge in [-0.05, 0) is 25.1 Å². The first-order valence-corrected chi connectivity index (χ1v) is 7.23. The Bertz CT molecular complexity index is 747. The Labute approximate surface area is 116 Å². The van der Waals surface area contributed by atoms with Crippen LogP contribution in [0.3, 0.4) is 0 Å². The summed E-state index contributed by atoms with van der Waals surface area (Å²) in [5.41, 5.74) is 6.02. The van der Waals surface area contributed by atoms with Gasteiger partial charge in [-0.25, -0.2) is 18.1 Å². The van der Waals surface area contributed by atoms with E-state index in [0.29, 0.717) is 11.4 Å². The fourth-order valence-corrected chi connectivity index (χ4v) is 3.05. The van der Waals surface area contributed by atoms with Crippen LogP contribution in [-0.4, -0.2) is 18.4 Å². The number of nitrogens with two attached hydrogens (primary N) is 1. The van der Waals surface area contributed by atoms with E-state index in [9.17, 15) is 8.42 Å². The van der Waals surface area contributed by atoms with Crippen LogP contribution < -0.4 is 10.5 Å². The highest BCUT2D eigenvalue weighted by atomic mass is 32.2. The van der Waals surface area contributed by atoms with Gasteiger partial charge >= 0.3 is 0 Å². The summed E-state index contributed by atoms with van der Waals surface area (Å²) < 4.78 is 27.0. The summed E-state index contributed by atoms with van der Waals surface area (Å²) in [6, 6.07) is 5.42. The Morgan fingerprint density at radius 2 is 2.25 bits per heavy atom. The molecular weight excluding hydrogens is 278 g/mol. The molecule has 104 valence electrons. The lowest BCUT2D eigenvalue weighted by molar-refractivity contribution is 0.561. The molecule has 1 atom stereocenters. The predicted molar refractivity (Wildman–Crippen MR) is 72.9 cm³/mol. The molecule has 1 aromatic heterocycles. The highest BCUT2D eigenvalue weighted by molar-refractivity contribution is 7.89. The van der Waals surface area contributed by atoms with Crippen LogP contribution in [-0.2, 0) is 10.0 Å².